The van der Waals surface area contributed by atoms with E-state index in [1.165, 1.54) is 43.2 Å². The zero-order chi connectivity index (χ0) is 19.4. The molecule has 27 heavy (non-hydrogen) atoms. The third-order valence-corrected chi connectivity index (χ3v) is 5.34. The molecule has 0 aliphatic carbocycles. The maximum atomic E-state index is 12.5. The van der Waals surface area contributed by atoms with E-state index in [-0.39, 0.29) is 37.5 Å². The quantitative estimate of drug-likeness (QED) is 0.328. The van der Waals surface area contributed by atoms with Gasteiger partial charge in [0, 0.05) is 48.2 Å². The summed E-state index contributed by atoms with van der Waals surface area (Å²) in [5, 5.41) is 10.7. The van der Waals surface area contributed by atoms with Gasteiger partial charge in [0.05, 0.1) is 18.6 Å². The predicted octanol–water partition coefficient (Wildman–Crippen LogP) is 1.59. The normalized spacial score (nSPS) is 19.3. The van der Waals surface area contributed by atoms with Crippen molar-refractivity contribution >= 4 is 35.4 Å². The SMILES string of the molecule is COC(=O)[C@H]1CN(C(=O)/C=C/c2cc([N+](=O)[O-])cc3c2OCOC3)CCS1. The molecule has 1 aromatic carbocycles. The van der Waals surface area contributed by atoms with Gasteiger partial charge in [0.2, 0.25) is 5.91 Å². The largest absolute Gasteiger partial charge is 0.468 e. The van der Waals surface area contributed by atoms with E-state index in [1.54, 1.807) is 4.90 Å². The highest BCUT2D eigenvalue weighted by Crippen LogP contribution is 2.33. The highest BCUT2D eigenvalue weighted by atomic mass is 32.2. The molecule has 1 aromatic rings. The standard InChI is InChI=1S/C17H18N2O7S/c1-24-17(21)14-8-18(4-5-27-14)15(20)3-2-11-6-13(19(22)23)7-12-9-25-10-26-16(11)12/h2-3,6-7,14H,4-5,8-10H2,1H3/b3-2+/t14-/m1/s1. The van der Waals surface area contributed by atoms with E-state index >= 15 is 0 Å². The molecule has 10 heteroatoms. The molecular weight excluding hydrogens is 376 g/mol. The minimum atomic E-state index is -0.503. The molecule has 2 aliphatic rings. The second kappa shape index (κ2) is 8.40. The second-order valence-corrected chi connectivity index (χ2v) is 7.20. The number of amides is 1. The van der Waals surface area contributed by atoms with E-state index in [0.29, 0.717) is 29.2 Å². The van der Waals surface area contributed by atoms with Gasteiger partial charge in [0.15, 0.2) is 6.79 Å². The molecule has 144 valence electrons. The van der Waals surface area contributed by atoms with Gasteiger partial charge in [-0.2, -0.15) is 0 Å². The van der Waals surface area contributed by atoms with Crippen molar-refractivity contribution in [1.82, 2.24) is 4.90 Å². The highest BCUT2D eigenvalue weighted by Gasteiger charge is 2.29. The van der Waals surface area contributed by atoms with Gasteiger partial charge in [-0.3, -0.25) is 19.7 Å². The number of carbonyl (C=O) groups excluding carboxylic acids is 2. The Hall–Kier alpha value is -2.59. The molecule has 0 bridgehead atoms. The van der Waals surface area contributed by atoms with E-state index in [2.05, 4.69) is 0 Å². The molecule has 0 unspecified atom stereocenters. The summed E-state index contributed by atoms with van der Waals surface area (Å²) in [5.41, 5.74) is 0.893. The Morgan fingerprint density at radius 2 is 2.26 bits per heavy atom. The molecule has 0 spiro atoms. The maximum Gasteiger partial charge on any atom is 0.320 e. The number of nitro groups is 1. The van der Waals surface area contributed by atoms with Gasteiger partial charge < -0.3 is 19.1 Å². The number of hydrogen-bond acceptors (Lipinski definition) is 8. The van der Waals surface area contributed by atoms with Crippen LogP contribution in [0.15, 0.2) is 18.2 Å². The molecule has 2 heterocycles. The number of nitrogens with zero attached hydrogens (tertiary/aromatic N) is 2. The average Bonchev–Trinajstić information content (AvgIpc) is 2.70. The summed E-state index contributed by atoms with van der Waals surface area (Å²) in [6.07, 6.45) is 2.83. The highest BCUT2D eigenvalue weighted by molar-refractivity contribution is 8.00. The molecule has 2 aliphatic heterocycles. The first kappa shape index (κ1) is 19.2. The fourth-order valence-electron chi connectivity index (χ4n) is 2.85. The van der Waals surface area contributed by atoms with Crippen molar-refractivity contribution in [2.24, 2.45) is 0 Å². The molecule has 1 amide bonds. The van der Waals surface area contributed by atoms with Crippen molar-refractivity contribution < 1.29 is 28.7 Å². The van der Waals surface area contributed by atoms with Crippen molar-refractivity contribution in [2.45, 2.75) is 11.9 Å². The summed E-state index contributed by atoms with van der Waals surface area (Å²) in [7, 11) is 1.32. The van der Waals surface area contributed by atoms with Gasteiger partial charge in [-0.15, -0.1) is 11.8 Å². The number of fused-ring (bicyclic) bond motifs is 1. The summed E-state index contributed by atoms with van der Waals surface area (Å²) in [6.45, 7) is 1.02. The number of benzene rings is 1. The van der Waals surface area contributed by atoms with Crippen LogP contribution in [0.2, 0.25) is 0 Å². The monoisotopic (exact) mass is 394 g/mol. The average molecular weight is 394 g/mol. The van der Waals surface area contributed by atoms with Crippen molar-refractivity contribution in [3.05, 3.63) is 39.4 Å². The van der Waals surface area contributed by atoms with Crippen LogP contribution < -0.4 is 4.74 Å². The fourth-order valence-corrected chi connectivity index (χ4v) is 3.98. The lowest BCUT2D eigenvalue weighted by Gasteiger charge is -2.30. The maximum absolute atomic E-state index is 12.5. The summed E-state index contributed by atoms with van der Waals surface area (Å²) < 4.78 is 15.3. The first-order valence-corrected chi connectivity index (χ1v) is 9.22. The number of rotatable bonds is 4. The fraction of sp³-hybridized carbons (Fsp3) is 0.412. The van der Waals surface area contributed by atoms with Crippen molar-refractivity contribution in [3.8, 4) is 5.75 Å². The third kappa shape index (κ3) is 4.40. The van der Waals surface area contributed by atoms with Gasteiger partial charge in [0.25, 0.3) is 5.69 Å². The first-order valence-electron chi connectivity index (χ1n) is 8.18. The number of thioether (sulfide) groups is 1. The third-order valence-electron chi connectivity index (χ3n) is 4.18. The van der Waals surface area contributed by atoms with E-state index in [4.69, 9.17) is 14.2 Å². The van der Waals surface area contributed by atoms with E-state index in [9.17, 15) is 19.7 Å². The Kier molecular flexibility index (Phi) is 5.97. The first-order chi connectivity index (χ1) is 13.0. The number of non-ortho nitro benzene ring substituents is 1. The topological polar surface area (TPSA) is 108 Å². The van der Waals surface area contributed by atoms with Gasteiger partial charge in [0.1, 0.15) is 11.0 Å². The molecule has 9 nitrogen and oxygen atoms in total. The van der Waals surface area contributed by atoms with Crippen LogP contribution in [0.1, 0.15) is 11.1 Å². The van der Waals surface area contributed by atoms with Crippen LogP contribution in [0.25, 0.3) is 6.08 Å². The molecule has 0 N–H and O–H groups in total. The lowest BCUT2D eigenvalue weighted by atomic mass is 10.1. The molecule has 1 fully saturated rings. The molecular formula is C17H18N2O7S. The Bertz CT molecular complexity index is 796. The van der Waals surface area contributed by atoms with E-state index in [1.807, 2.05) is 0 Å². The smallest absolute Gasteiger partial charge is 0.320 e. The molecule has 0 aromatic heterocycles. The number of hydrogen-bond donors (Lipinski definition) is 0. The Labute approximate surface area is 159 Å². The van der Waals surface area contributed by atoms with Gasteiger partial charge >= 0.3 is 5.97 Å². The van der Waals surface area contributed by atoms with Crippen LogP contribution in [-0.2, 0) is 25.7 Å². The van der Waals surface area contributed by atoms with Crippen molar-refractivity contribution in [1.29, 1.82) is 0 Å². The zero-order valence-corrected chi connectivity index (χ0v) is 15.4. The van der Waals surface area contributed by atoms with Crippen molar-refractivity contribution in [3.63, 3.8) is 0 Å². The van der Waals surface area contributed by atoms with Gasteiger partial charge in [-0.25, -0.2) is 0 Å². The number of esters is 1. The van der Waals surface area contributed by atoms with E-state index in [0.717, 1.165) is 0 Å². The number of ether oxygens (including phenoxy) is 3. The molecule has 1 atom stereocenters. The van der Waals surface area contributed by atoms with Crippen LogP contribution >= 0.6 is 11.8 Å². The van der Waals surface area contributed by atoms with Crippen LogP contribution in [0, 0.1) is 10.1 Å². The summed E-state index contributed by atoms with van der Waals surface area (Å²) in [4.78, 5) is 36.4. The summed E-state index contributed by atoms with van der Waals surface area (Å²) in [6, 6.07) is 2.76. The van der Waals surface area contributed by atoms with Gasteiger partial charge in [-0.1, -0.05) is 0 Å². The number of carbonyl (C=O) groups is 2. The minimum absolute atomic E-state index is 0.0454. The van der Waals surface area contributed by atoms with Crippen molar-refractivity contribution in [2.75, 3.05) is 32.7 Å². The molecule has 1 saturated heterocycles. The minimum Gasteiger partial charge on any atom is -0.468 e. The molecule has 0 radical (unpaired) electrons. The zero-order valence-electron chi connectivity index (χ0n) is 14.6. The second-order valence-electron chi connectivity index (χ2n) is 5.89. The molecule has 3 rings (SSSR count). The Morgan fingerprint density at radius 3 is 3.00 bits per heavy atom. The summed E-state index contributed by atoms with van der Waals surface area (Å²) >= 11 is 1.45. The predicted molar refractivity (Wildman–Crippen MR) is 97.3 cm³/mol. The molecule has 0 saturated carbocycles. The van der Waals surface area contributed by atoms with E-state index < -0.39 is 10.2 Å². The van der Waals surface area contributed by atoms with Gasteiger partial charge in [-0.05, 0) is 6.08 Å². The Balaban J connectivity index is 1.79. The lowest BCUT2D eigenvalue weighted by Crippen LogP contribution is -2.44. The van der Waals surface area contributed by atoms with Crippen LogP contribution in [0.5, 0.6) is 5.75 Å². The van der Waals surface area contributed by atoms with Crippen LogP contribution in [0.4, 0.5) is 5.69 Å². The Morgan fingerprint density at radius 1 is 1.44 bits per heavy atom. The van der Waals surface area contributed by atoms with Crippen LogP contribution in [0.3, 0.4) is 0 Å². The lowest BCUT2D eigenvalue weighted by molar-refractivity contribution is -0.385. The number of nitro benzene ring substituents is 1. The van der Waals surface area contributed by atoms with Crippen LogP contribution in [-0.4, -0.2) is 59.7 Å². The summed E-state index contributed by atoms with van der Waals surface area (Å²) in [5.74, 6) is 0.461. The number of methoxy groups -OCH3 is 1.